The fourth-order valence-corrected chi connectivity index (χ4v) is 3.38. The summed E-state index contributed by atoms with van der Waals surface area (Å²) in [7, 11) is 1.73. The van der Waals surface area contributed by atoms with Crippen molar-refractivity contribution in [1.82, 2.24) is 20.3 Å². The number of aromatic nitrogens is 3. The predicted molar refractivity (Wildman–Crippen MR) is 98.8 cm³/mol. The van der Waals surface area contributed by atoms with Gasteiger partial charge in [0.15, 0.2) is 0 Å². The van der Waals surface area contributed by atoms with Crippen molar-refractivity contribution in [2.45, 2.75) is 31.5 Å². The molecule has 0 aliphatic carbocycles. The SMILES string of the molecule is CO[C@@H]1CN(c2ccnc(N)n2)C[C@@H]1NC(C)Cc1ncccc1Cl. The number of halogens is 1. The van der Waals surface area contributed by atoms with E-state index in [4.69, 9.17) is 22.1 Å². The van der Waals surface area contributed by atoms with Gasteiger partial charge in [-0.05, 0) is 25.1 Å². The average molecular weight is 363 g/mol. The molecule has 1 aliphatic heterocycles. The van der Waals surface area contributed by atoms with Gasteiger partial charge in [-0.1, -0.05) is 11.6 Å². The molecule has 2 aromatic rings. The molecule has 3 N–H and O–H groups in total. The van der Waals surface area contributed by atoms with Gasteiger partial charge in [0.1, 0.15) is 5.82 Å². The van der Waals surface area contributed by atoms with Gasteiger partial charge in [-0.15, -0.1) is 0 Å². The second-order valence-corrected chi connectivity index (χ2v) is 6.67. The van der Waals surface area contributed by atoms with Crippen LogP contribution in [0.15, 0.2) is 30.6 Å². The first-order valence-electron chi connectivity index (χ1n) is 8.28. The summed E-state index contributed by atoms with van der Waals surface area (Å²) in [5, 5.41) is 4.33. The van der Waals surface area contributed by atoms with E-state index in [9.17, 15) is 0 Å². The van der Waals surface area contributed by atoms with Crippen LogP contribution in [0.3, 0.4) is 0 Å². The van der Waals surface area contributed by atoms with E-state index in [0.29, 0.717) is 5.02 Å². The molecule has 1 unspecified atom stereocenters. The number of rotatable bonds is 6. The molecule has 1 fully saturated rings. The second-order valence-electron chi connectivity index (χ2n) is 6.26. The van der Waals surface area contributed by atoms with Gasteiger partial charge in [0, 0.05) is 45.1 Å². The third kappa shape index (κ3) is 4.36. The Bertz CT molecular complexity index is 715. The number of methoxy groups -OCH3 is 1. The lowest BCUT2D eigenvalue weighted by atomic mass is 10.1. The summed E-state index contributed by atoms with van der Waals surface area (Å²) in [6, 6.07) is 5.96. The Balaban J connectivity index is 1.64. The molecule has 3 atom stereocenters. The fourth-order valence-electron chi connectivity index (χ4n) is 3.18. The second kappa shape index (κ2) is 7.95. The summed E-state index contributed by atoms with van der Waals surface area (Å²) in [6.07, 6.45) is 4.26. The molecule has 0 spiro atoms. The summed E-state index contributed by atoms with van der Waals surface area (Å²) in [6.45, 7) is 3.67. The molecule has 3 heterocycles. The highest BCUT2D eigenvalue weighted by Crippen LogP contribution is 2.21. The van der Waals surface area contributed by atoms with Crippen LogP contribution in [0.5, 0.6) is 0 Å². The van der Waals surface area contributed by atoms with Crippen molar-refractivity contribution < 1.29 is 4.74 Å². The molecule has 7 nitrogen and oxygen atoms in total. The van der Waals surface area contributed by atoms with E-state index < -0.39 is 0 Å². The summed E-state index contributed by atoms with van der Waals surface area (Å²) >= 11 is 6.21. The standard InChI is InChI=1S/C17H23ClN6O/c1-11(8-13-12(18)4-3-6-20-13)22-14-9-24(10-15(14)25-2)16-5-7-21-17(19)23-16/h3-7,11,14-15,22H,8-10H2,1-2H3,(H2,19,21,23)/t11?,14-,15+/m0/s1. The molecule has 8 heteroatoms. The maximum absolute atomic E-state index is 6.21. The number of pyridine rings is 1. The number of nitrogens with two attached hydrogens (primary N) is 1. The van der Waals surface area contributed by atoms with Crippen LogP contribution in [-0.2, 0) is 11.2 Å². The number of anilines is 2. The highest BCUT2D eigenvalue weighted by Gasteiger charge is 2.34. The number of hydrogen-bond acceptors (Lipinski definition) is 7. The van der Waals surface area contributed by atoms with E-state index >= 15 is 0 Å². The molecule has 3 rings (SSSR count). The third-order valence-electron chi connectivity index (χ3n) is 4.39. The Morgan fingerprint density at radius 1 is 1.36 bits per heavy atom. The molecule has 0 bridgehead atoms. The Hall–Kier alpha value is -1.96. The smallest absolute Gasteiger partial charge is 0.221 e. The van der Waals surface area contributed by atoms with E-state index in [2.05, 4.69) is 32.1 Å². The first-order chi connectivity index (χ1) is 12.1. The fraction of sp³-hybridized carbons (Fsp3) is 0.471. The number of hydrogen-bond donors (Lipinski definition) is 2. The quantitative estimate of drug-likeness (QED) is 0.805. The molecule has 0 saturated carbocycles. The summed E-state index contributed by atoms with van der Waals surface area (Å²) < 4.78 is 5.66. The summed E-state index contributed by atoms with van der Waals surface area (Å²) in [5.41, 5.74) is 6.59. The van der Waals surface area contributed by atoms with Gasteiger partial charge in [-0.3, -0.25) is 4.98 Å². The molecule has 134 valence electrons. The van der Waals surface area contributed by atoms with Crippen molar-refractivity contribution in [3.05, 3.63) is 41.3 Å². The number of ether oxygens (including phenoxy) is 1. The van der Waals surface area contributed by atoms with E-state index in [0.717, 1.165) is 31.0 Å². The minimum atomic E-state index is 0.0674. The Morgan fingerprint density at radius 2 is 2.20 bits per heavy atom. The van der Waals surface area contributed by atoms with Crippen molar-refractivity contribution in [2.75, 3.05) is 30.8 Å². The molecule has 25 heavy (non-hydrogen) atoms. The average Bonchev–Trinajstić information content (AvgIpc) is 3.00. The molecular formula is C17H23ClN6O. The zero-order valence-electron chi connectivity index (χ0n) is 14.4. The highest BCUT2D eigenvalue weighted by molar-refractivity contribution is 6.31. The van der Waals surface area contributed by atoms with Gasteiger partial charge in [-0.2, -0.15) is 4.98 Å². The van der Waals surface area contributed by atoms with Crippen molar-refractivity contribution in [2.24, 2.45) is 0 Å². The predicted octanol–water partition coefficient (Wildman–Crippen LogP) is 1.53. The maximum atomic E-state index is 6.21. The van der Waals surface area contributed by atoms with Crippen LogP contribution in [0.1, 0.15) is 12.6 Å². The van der Waals surface area contributed by atoms with Gasteiger partial charge in [0.05, 0.1) is 22.9 Å². The topological polar surface area (TPSA) is 89.2 Å². The zero-order valence-corrected chi connectivity index (χ0v) is 15.1. The van der Waals surface area contributed by atoms with Crippen LogP contribution in [0.25, 0.3) is 0 Å². The summed E-state index contributed by atoms with van der Waals surface area (Å²) in [5.74, 6) is 1.10. The number of nitrogens with one attached hydrogen (secondary N) is 1. The van der Waals surface area contributed by atoms with Gasteiger partial charge >= 0.3 is 0 Å². The van der Waals surface area contributed by atoms with Crippen LogP contribution < -0.4 is 16.0 Å². The van der Waals surface area contributed by atoms with E-state index in [-0.39, 0.29) is 24.1 Å². The van der Waals surface area contributed by atoms with Gasteiger partial charge in [0.2, 0.25) is 5.95 Å². The van der Waals surface area contributed by atoms with Gasteiger partial charge < -0.3 is 20.7 Å². The maximum Gasteiger partial charge on any atom is 0.221 e. The van der Waals surface area contributed by atoms with Crippen molar-refractivity contribution in [3.8, 4) is 0 Å². The Morgan fingerprint density at radius 3 is 2.92 bits per heavy atom. The monoisotopic (exact) mass is 362 g/mol. The number of nitrogens with zero attached hydrogens (tertiary/aromatic N) is 4. The Kier molecular flexibility index (Phi) is 5.67. The molecule has 0 amide bonds. The van der Waals surface area contributed by atoms with Crippen LogP contribution in [0.2, 0.25) is 5.02 Å². The minimum Gasteiger partial charge on any atom is -0.378 e. The summed E-state index contributed by atoms with van der Waals surface area (Å²) in [4.78, 5) is 14.8. The van der Waals surface area contributed by atoms with Crippen LogP contribution >= 0.6 is 11.6 Å². The minimum absolute atomic E-state index is 0.0674. The first-order valence-corrected chi connectivity index (χ1v) is 8.66. The molecule has 0 aromatic carbocycles. The molecule has 1 saturated heterocycles. The van der Waals surface area contributed by atoms with Gasteiger partial charge in [0.25, 0.3) is 0 Å². The largest absolute Gasteiger partial charge is 0.378 e. The number of nitrogen functional groups attached to an aromatic ring is 1. The van der Waals surface area contributed by atoms with Crippen molar-refractivity contribution in [3.63, 3.8) is 0 Å². The highest BCUT2D eigenvalue weighted by atomic mass is 35.5. The lowest BCUT2D eigenvalue weighted by molar-refractivity contribution is 0.0938. The van der Waals surface area contributed by atoms with Crippen molar-refractivity contribution in [1.29, 1.82) is 0 Å². The van der Waals surface area contributed by atoms with Gasteiger partial charge in [-0.25, -0.2) is 4.98 Å². The van der Waals surface area contributed by atoms with Crippen LogP contribution in [0, 0.1) is 0 Å². The molecule has 2 aromatic heterocycles. The van der Waals surface area contributed by atoms with Crippen LogP contribution in [-0.4, -0.2) is 53.3 Å². The normalized spacial score (nSPS) is 21.5. The lowest BCUT2D eigenvalue weighted by Crippen LogP contribution is -2.45. The zero-order chi connectivity index (χ0) is 17.8. The first kappa shape index (κ1) is 17.8. The lowest BCUT2D eigenvalue weighted by Gasteiger charge is -2.23. The van der Waals surface area contributed by atoms with E-state index in [1.165, 1.54) is 0 Å². The van der Waals surface area contributed by atoms with Crippen LogP contribution in [0.4, 0.5) is 11.8 Å². The van der Waals surface area contributed by atoms with E-state index in [1.807, 2.05) is 18.2 Å². The molecule has 0 radical (unpaired) electrons. The van der Waals surface area contributed by atoms with E-state index in [1.54, 1.807) is 19.5 Å². The Labute approximate surface area is 152 Å². The third-order valence-corrected chi connectivity index (χ3v) is 4.73. The molecule has 1 aliphatic rings. The van der Waals surface area contributed by atoms with Crippen molar-refractivity contribution >= 4 is 23.4 Å². The molecular weight excluding hydrogens is 340 g/mol.